The number of carbonyl (C=O) groups excluding carboxylic acids is 1. The van der Waals surface area contributed by atoms with Gasteiger partial charge < -0.3 is 10.2 Å². The van der Waals surface area contributed by atoms with E-state index in [4.69, 9.17) is 0 Å². The molecule has 0 spiro atoms. The number of rotatable bonds is 2. The summed E-state index contributed by atoms with van der Waals surface area (Å²) in [5, 5.41) is 3.48. The number of halogens is 2. The normalized spacial score (nSPS) is 17.6. The first-order valence-electron chi connectivity index (χ1n) is 6.64. The fraction of sp³-hybridized carbons (Fsp3) is 0.188. The summed E-state index contributed by atoms with van der Waals surface area (Å²) in [5.74, 6) is 0.120. The van der Waals surface area contributed by atoms with Gasteiger partial charge >= 0.3 is 0 Å². The van der Waals surface area contributed by atoms with E-state index in [0.717, 1.165) is 25.9 Å². The summed E-state index contributed by atoms with van der Waals surface area (Å²) in [5.41, 5.74) is 3.08. The largest absolute Gasteiger partial charge is 0.376 e. The van der Waals surface area contributed by atoms with Crippen molar-refractivity contribution in [3.63, 3.8) is 0 Å². The topological polar surface area (TPSA) is 32.3 Å². The molecule has 1 amide bonds. The molecular weight excluding hydrogens is 396 g/mol. The van der Waals surface area contributed by atoms with Gasteiger partial charge in [-0.25, -0.2) is 0 Å². The monoisotopic (exact) mass is 408 g/mol. The molecule has 2 aromatic carbocycles. The number of hydrogen-bond donors (Lipinski definition) is 1. The first-order chi connectivity index (χ1) is 10.1. The first kappa shape index (κ1) is 14.6. The summed E-state index contributed by atoms with van der Waals surface area (Å²) in [6.45, 7) is 0. The zero-order chi connectivity index (χ0) is 15.0. The van der Waals surface area contributed by atoms with Crippen LogP contribution < -0.4 is 10.2 Å². The van der Waals surface area contributed by atoms with Crippen LogP contribution in [-0.4, -0.2) is 13.0 Å². The SMILES string of the molecule is CN1C(=O)CC(Nc2c(Br)cccc2Br)c2ccccc21. The molecule has 1 N–H and O–H groups in total. The number of para-hydroxylation sites is 2. The number of fused-ring (bicyclic) bond motifs is 1. The van der Waals surface area contributed by atoms with E-state index in [0.29, 0.717) is 6.42 Å². The predicted molar refractivity (Wildman–Crippen MR) is 92.7 cm³/mol. The highest BCUT2D eigenvalue weighted by molar-refractivity contribution is 9.11. The number of anilines is 2. The molecule has 0 saturated heterocycles. The highest BCUT2D eigenvalue weighted by Gasteiger charge is 2.29. The first-order valence-corrected chi connectivity index (χ1v) is 8.22. The molecule has 21 heavy (non-hydrogen) atoms. The van der Waals surface area contributed by atoms with E-state index in [-0.39, 0.29) is 11.9 Å². The zero-order valence-corrected chi connectivity index (χ0v) is 14.6. The van der Waals surface area contributed by atoms with Gasteiger partial charge in [0.25, 0.3) is 0 Å². The van der Waals surface area contributed by atoms with Crippen LogP contribution in [0.3, 0.4) is 0 Å². The van der Waals surface area contributed by atoms with E-state index in [1.165, 1.54) is 0 Å². The van der Waals surface area contributed by atoms with Gasteiger partial charge in [-0.15, -0.1) is 0 Å². The third-order valence-corrected chi connectivity index (χ3v) is 5.03. The van der Waals surface area contributed by atoms with Crippen LogP contribution in [0.4, 0.5) is 11.4 Å². The van der Waals surface area contributed by atoms with Crippen molar-refractivity contribution in [2.75, 3.05) is 17.3 Å². The molecule has 1 aliphatic heterocycles. The lowest BCUT2D eigenvalue weighted by molar-refractivity contribution is -0.118. The molecule has 1 unspecified atom stereocenters. The average molecular weight is 410 g/mol. The van der Waals surface area contributed by atoms with Crippen LogP contribution in [0.1, 0.15) is 18.0 Å². The molecule has 0 aliphatic carbocycles. The van der Waals surface area contributed by atoms with E-state index < -0.39 is 0 Å². The van der Waals surface area contributed by atoms with Crippen LogP contribution in [0, 0.1) is 0 Å². The second-order valence-corrected chi connectivity index (χ2v) is 6.72. The summed E-state index contributed by atoms with van der Waals surface area (Å²) in [4.78, 5) is 13.9. The zero-order valence-electron chi connectivity index (χ0n) is 11.4. The van der Waals surface area contributed by atoms with Crippen LogP contribution in [0.2, 0.25) is 0 Å². The minimum Gasteiger partial charge on any atom is -0.376 e. The van der Waals surface area contributed by atoms with E-state index in [1.807, 2.05) is 43.4 Å². The van der Waals surface area contributed by atoms with Gasteiger partial charge in [-0.05, 0) is 55.6 Å². The van der Waals surface area contributed by atoms with Gasteiger partial charge in [-0.2, -0.15) is 0 Å². The Morgan fingerprint density at radius 1 is 1.10 bits per heavy atom. The van der Waals surface area contributed by atoms with Crippen molar-refractivity contribution >= 4 is 49.1 Å². The number of carbonyl (C=O) groups is 1. The van der Waals surface area contributed by atoms with Gasteiger partial charge in [0.1, 0.15) is 0 Å². The van der Waals surface area contributed by atoms with Gasteiger partial charge in [0.15, 0.2) is 0 Å². The maximum atomic E-state index is 12.2. The van der Waals surface area contributed by atoms with Gasteiger partial charge in [0.05, 0.1) is 18.2 Å². The van der Waals surface area contributed by atoms with E-state index in [2.05, 4.69) is 43.2 Å². The van der Waals surface area contributed by atoms with Crippen LogP contribution in [0.5, 0.6) is 0 Å². The molecule has 2 aromatic rings. The standard InChI is InChI=1S/C16H14Br2N2O/c1-20-14-8-3-2-5-10(14)13(9-15(20)21)19-16-11(17)6-4-7-12(16)18/h2-8,13,19H,9H2,1H3. The fourth-order valence-corrected chi connectivity index (χ4v) is 3.81. The van der Waals surface area contributed by atoms with Gasteiger partial charge in [0.2, 0.25) is 5.91 Å². The Hall–Kier alpha value is -1.33. The predicted octanol–water partition coefficient (Wildman–Crippen LogP) is 4.73. The van der Waals surface area contributed by atoms with Crippen molar-refractivity contribution in [1.82, 2.24) is 0 Å². The highest BCUT2D eigenvalue weighted by atomic mass is 79.9. The van der Waals surface area contributed by atoms with E-state index in [1.54, 1.807) is 4.90 Å². The Morgan fingerprint density at radius 2 is 1.76 bits per heavy atom. The smallest absolute Gasteiger partial charge is 0.229 e. The summed E-state index contributed by atoms with van der Waals surface area (Å²) < 4.78 is 1.95. The molecule has 0 fully saturated rings. The molecule has 1 heterocycles. The molecule has 1 aliphatic rings. The Kier molecular flexibility index (Phi) is 4.04. The molecular formula is C16H14Br2N2O. The number of hydrogen-bond acceptors (Lipinski definition) is 2. The summed E-state index contributed by atoms with van der Waals surface area (Å²) >= 11 is 7.11. The molecule has 3 nitrogen and oxygen atoms in total. The minimum absolute atomic E-state index is 0.0279. The molecule has 0 saturated carbocycles. The van der Waals surface area contributed by atoms with Crippen molar-refractivity contribution in [2.45, 2.75) is 12.5 Å². The number of benzene rings is 2. The van der Waals surface area contributed by atoms with Crippen molar-refractivity contribution in [1.29, 1.82) is 0 Å². The van der Waals surface area contributed by atoms with E-state index >= 15 is 0 Å². The third kappa shape index (κ3) is 2.72. The van der Waals surface area contributed by atoms with Gasteiger partial charge in [-0.1, -0.05) is 24.3 Å². The van der Waals surface area contributed by atoms with Crippen molar-refractivity contribution in [3.05, 3.63) is 57.0 Å². The Bertz CT molecular complexity index is 682. The summed E-state index contributed by atoms with van der Waals surface area (Å²) in [6.07, 6.45) is 0.446. The number of nitrogens with one attached hydrogen (secondary N) is 1. The van der Waals surface area contributed by atoms with Gasteiger partial charge in [0, 0.05) is 21.7 Å². The molecule has 3 rings (SSSR count). The molecule has 108 valence electrons. The quantitative estimate of drug-likeness (QED) is 0.777. The number of nitrogens with zero attached hydrogens (tertiary/aromatic N) is 1. The molecule has 0 bridgehead atoms. The summed E-state index contributed by atoms with van der Waals surface area (Å²) in [7, 11) is 1.83. The average Bonchev–Trinajstić information content (AvgIpc) is 2.48. The summed E-state index contributed by atoms with van der Waals surface area (Å²) in [6, 6.07) is 13.9. The van der Waals surface area contributed by atoms with Crippen molar-refractivity contribution in [2.24, 2.45) is 0 Å². The second kappa shape index (κ2) is 5.81. The fourth-order valence-electron chi connectivity index (χ4n) is 2.58. The lowest BCUT2D eigenvalue weighted by Gasteiger charge is -2.33. The third-order valence-electron chi connectivity index (χ3n) is 3.71. The Labute approximate surface area is 140 Å². The lowest BCUT2D eigenvalue weighted by atomic mass is 9.96. The van der Waals surface area contributed by atoms with Crippen molar-refractivity contribution in [3.8, 4) is 0 Å². The minimum atomic E-state index is -0.0279. The second-order valence-electron chi connectivity index (χ2n) is 5.01. The van der Waals surface area contributed by atoms with Crippen molar-refractivity contribution < 1.29 is 4.79 Å². The maximum Gasteiger partial charge on any atom is 0.229 e. The lowest BCUT2D eigenvalue weighted by Crippen LogP contribution is -2.35. The number of amides is 1. The van der Waals surface area contributed by atoms with Crippen LogP contribution in [0.15, 0.2) is 51.4 Å². The molecule has 1 atom stereocenters. The molecule has 0 radical (unpaired) electrons. The van der Waals surface area contributed by atoms with Gasteiger partial charge in [-0.3, -0.25) is 4.79 Å². The van der Waals surface area contributed by atoms with Crippen LogP contribution >= 0.6 is 31.9 Å². The Morgan fingerprint density at radius 3 is 2.48 bits per heavy atom. The highest BCUT2D eigenvalue weighted by Crippen LogP contribution is 2.39. The molecule has 5 heteroatoms. The maximum absolute atomic E-state index is 12.2. The van der Waals surface area contributed by atoms with E-state index in [9.17, 15) is 4.79 Å². The Balaban J connectivity index is 2.00. The van der Waals surface area contributed by atoms with Crippen LogP contribution in [0.25, 0.3) is 0 Å². The molecule has 0 aromatic heterocycles. The van der Waals surface area contributed by atoms with Crippen LogP contribution in [-0.2, 0) is 4.79 Å².